The molecule has 110 valence electrons. The summed E-state index contributed by atoms with van der Waals surface area (Å²) in [5.74, 6) is 0.546. The van der Waals surface area contributed by atoms with E-state index in [1.165, 1.54) is 6.33 Å². The minimum absolute atomic E-state index is 0.170. The van der Waals surface area contributed by atoms with Gasteiger partial charge in [0.25, 0.3) is 5.91 Å². The maximum Gasteiger partial charge on any atom is 0.255 e. The fourth-order valence-corrected chi connectivity index (χ4v) is 1.98. The molecule has 0 unspecified atom stereocenters. The quantitative estimate of drug-likeness (QED) is 0.802. The Morgan fingerprint density at radius 1 is 1.09 bits per heavy atom. The van der Waals surface area contributed by atoms with Gasteiger partial charge in [0, 0.05) is 11.3 Å². The van der Waals surface area contributed by atoms with E-state index in [1.807, 2.05) is 24.3 Å². The number of rotatable bonds is 4. The lowest BCUT2D eigenvalue weighted by Gasteiger charge is -2.07. The molecule has 3 aromatic rings. The summed E-state index contributed by atoms with van der Waals surface area (Å²) < 4.78 is 6.72. The number of carbonyl (C=O) groups is 1. The molecule has 1 aromatic heterocycles. The molecule has 0 saturated carbocycles. The molecule has 0 radical (unpaired) electrons. The van der Waals surface area contributed by atoms with Crippen molar-refractivity contribution in [3.63, 3.8) is 0 Å². The third-order valence-electron chi connectivity index (χ3n) is 3.16. The van der Waals surface area contributed by atoms with Crippen LogP contribution in [0.25, 0.3) is 5.69 Å². The molecule has 6 nitrogen and oxygen atoms in total. The number of amides is 1. The summed E-state index contributed by atoms with van der Waals surface area (Å²) in [7, 11) is 1.59. The van der Waals surface area contributed by atoms with Crippen molar-refractivity contribution in [1.82, 2.24) is 14.8 Å². The summed E-state index contributed by atoms with van der Waals surface area (Å²) in [6, 6.07) is 14.3. The molecule has 0 atom stereocenters. The lowest BCUT2D eigenvalue weighted by atomic mass is 10.2. The predicted octanol–water partition coefficient (Wildman–Crippen LogP) is 2.53. The number of nitrogens with zero attached hydrogens (tertiary/aromatic N) is 3. The van der Waals surface area contributed by atoms with Crippen LogP contribution in [0.15, 0.2) is 61.2 Å². The average molecular weight is 294 g/mol. The Morgan fingerprint density at radius 2 is 1.82 bits per heavy atom. The normalized spacial score (nSPS) is 10.2. The zero-order chi connectivity index (χ0) is 15.4. The van der Waals surface area contributed by atoms with Gasteiger partial charge in [-0.2, -0.15) is 5.10 Å². The van der Waals surface area contributed by atoms with E-state index >= 15 is 0 Å². The minimum atomic E-state index is -0.170. The average Bonchev–Trinajstić information content (AvgIpc) is 3.10. The molecule has 3 rings (SSSR count). The second kappa shape index (κ2) is 6.09. The molecule has 0 aliphatic rings. The highest BCUT2D eigenvalue weighted by Crippen LogP contribution is 2.15. The molecular weight excluding hydrogens is 280 g/mol. The number of carbonyl (C=O) groups excluding carboxylic acids is 1. The SMILES string of the molecule is COc1ccc(C(=O)Nc2ccc(-n3cncn3)cc2)cc1. The van der Waals surface area contributed by atoms with E-state index < -0.39 is 0 Å². The van der Waals surface area contributed by atoms with Crippen LogP contribution in [0.1, 0.15) is 10.4 Å². The molecular formula is C16H14N4O2. The summed E-state index contributed by atoms with van der Waals surface area (Å²) in [6.07, 6.45) is 3.09. The van der Waals surface area contributed by atoms with Gasteiger partial charge >= 0.3 is 0 Å². The molecule has 0 aliphatic heterocycles. The molecule has 22 heavy (non-hydrogen) atoms. The molecule has 2 aromatic carbocycles. The zero-order valence-corrected chi connectivity index (χ0v) is 11.9. The van der Waals surface area contributed by atoms with E-state index in [4.69, 9.17) is 4.74 Å². The van der Waals surface area contributed by atoms with Gasteiger partial charge in [0.1, 0.15) is 18.4 Å². The largest absolute Gasteiger partial charge is 0.497 e. The second-order valence-electron chi connectivity index (χ2n) is 4.57. The topological polar surface area (TPSA) is 69.0 Å². The summed E-state index contributed by atoms with van der Waals surface area (Å²) in [4.78, 5) is 16.0. The smallest absolute Gasteiger partial charge is 0.255 e. The standard InChI is InChI=1S/C16H14N4O2/c1-22-15-8-2-12(3-9-15)16(21)19-13-4-6-14(7-5-13)20-11-17-10-18-20/h2-11H,1H3,(H,19,21). The molecule has 6 heteroatoms. The van der Waals surface area contributed by atoms with Crippen molar-refractivity contribution in [3.05, 3.63) is 66.7 Å². The molecule has 1 heterocycles. The number of ether oxygens (including phenoxy) is 1. The Hall–Kier alpha value is -3.15. The van der Waals surface area contributed by atoms with Crippen molar-refractivity contribution >= 4 is 11.6 Å². The first-order chi connectivity index (χ1) is 10.8. The molecule has 1 N–H and O–H groups in total. The molecule has 0 fully saturated rings. The zero-order valence-electron chi connectivity index (χ0n) is 11.9. The first kappa shape index (κ1) is 13.8. The van der Waals surface area contributed by atoms with Crippen molar-refractivity contribution in [2.24, 2.45) is 0 Å². The van der Waals surface area contributed by atoms with Crippen molar-refractivity contribution in [2.45, 2.75) is 0 Å². The first-order valence-electron chi connectivity index (χ1n) is 6.67. The number of aromatic nitrogens is 3. The summed E-state index contributed by atoms with van der Waals surface area (Å²) in [6.45, 7) is 0. The lowest BCUT2D eigenvalue weighted by molar-refractivity contribution is 0.102. The molecule has 0 aliphatic carbocycles. The van der Waals surface area contributed by atoms with E-state index in [1.54, 1.807) is 42.4 Å². The van der Waals surface area contributed by atoms with Crippen LogP contribution in [0.5, 0.6) is 5.75 Å². The minimum Gasteiger partial charge on any atom is -0.497 e. The van der Waals surface area contributed by atoms with Gasteiger partial charge in [0.15, 0.2) is 0 Å². The number of hydrogen-bond acceptors (Lipinski definition) is 4. The van der Waals surface area contributed by atoms with E-state index in [0.717, 1.165) is 5.69 Å². The number of anilines is 1. The number of hydrogen-bond donors (Lipinski definition) is 1. The van der Waals surface area contributed by atoms with Crippen LogP contribution in [-0.2, 0) is 0 Å². The Balaban J connectivity index is 1.71. The second-order valence-corrected chi connectivity index (χ2v) is 4.57. The van der Waals surface area contributed by atoms with Gasteiger partial charge in [-0.15, -0.1) is 0 Å². The Morgan fingerprint density at radius 3 is 2.41 bits per heavy atom. The van der Waals surface area contributed by atoms with Gasteiger partial charge in [-0.25, -0.2) is 9.67 Å². The maximum atomic E-state index is 12.1. The van der Waals surface area contributed by atoms with Gasteiger partial charge < -0.3 is 10.1 Å². The van der Waals surface area contributed by atoms with E-state index in [9.17, 15) is 4.79 Å². The lowest BCUT2D eigenvalue weighted by Crippen LogP contribution is -2.11. The van der Waals surface area contributed by atoms with E-state index in [0.29, 0.717) is 17.0 Å². The molecule has 0 saturated heterocycles. The van der Waals surface area contributed by atoms with Crippen LogP contribution < -0.4 is 10.1 Å². The number of methoxy groups -OCH3 is 1. The highest BCUT2D eigenvalue weighted by Gasteiger charge is 2.06. The van der Waals surface area contributed by atoms with Gasteiger partial charge in [-0.1, -0.05) is 0 Å². The van der Waals surface area contributed by atoms with Crippen LogP contribution in [0, 0.1) is 0 Å². The van der Waals surface area contributed by atoms with Crippen LogP contribution in [0.2, 0.25) is 0 Å². The summed E-state index contributed by atoms with van der Waals surface area (Å²) in [5.41, 5.74) is 2.16. The first-order valence-corrected chi connectivity index (χ1v) is 6.67. The van der Waals surface area contributed by atoms with Crippen molar-refractivity contribution in [1.29, 1.82) is 0 Å². The highest BCUT2D eigenvalue weighted by atomic mass is 16.5. The third-order valence-corrected chi connectivity index (χ3v) is 3.16. The Labute approximate surface area is 127 Å². The monoisotopic (exact) mass is 294 g/mol. The van der Waals surface area contributed by atoms with Crippen LogP contribution in [0.4, 0.5) is 5.69 Å². The van der Waals surface area contributed by atoms with Crippen LogP contribution >= 0.6 is 0 Å². The van der Waals surface area contributed by atoms with Crippen molar-refractivity contribution in [2.75, 3.05) is 12.4 Å². The van der Waals surface area contributed by atoms with Crippen LogP contribution in [-0.4, -0.2) is 27.8 Å². The van der Waals surface area contributed by atoms with Crippen molar-refractivity contribution in [3.8, 4) is 11.4 Å². The Kier molecular flexibility index (Phi) is 3.82. The van der Waals surface area contributed by atoms with Crippen molar-refractivity contribution < 1.29 is 9.53 Å². The molecule has 1 amide bonds. The van der Waals surface area contributed by atoms with Gasteiger partial charge in [0.2, 0.25) is 0 Å². The Bertz CT molecular complexity index is 750. The molecule has 0 spiro atoms. The maximum absolute atomic E-state index is 12.1. The molecule has 0 bridgehead atoms. The van der Waals surface area contributed by atoms with Gasteiger partial charge in [-0.05, 0) is 48.5 Å². The van der Waals surface area contributed by atoms with E-state index in [-0.39, 0.29) is 5.91 Å². The number of benzene rings is 2. The summed E-state index contributed by atoms with van der Waals surface area (Å²) >= 11 is 0. The third kappa shape index (κ3) is 2.95. The van der Waals surface area contributed by atoms with Gasteiger partial charge in [-0.3, -0.25) is 4.79 Å². The van der Waals surface area contributed by atoms with E-state index in [2.05, 4.69) is 15.4 Å². The van der Waals surface area contributed by atoms with Gasteiger partial charge in [0.05, 0.1) is 12.8 Å². The number of nitrogens with one attached hydrogen (secondary N) is 1. The predicted molar refractivity (Wildman–Crippen MR) is 82.3 cm³/mol. The van der Waals surface area contributed by atoms with Crippen LogP contribution in [0.3, 0.4) is 0 Å². The highest BCUT2D eigenvalue weighted by molar-refractivity contribution is 6.04. The fraction of sp³-hybridized carbons (Fsp3) is 0.0625. The fourth-order valence-electron chi connectivity index (χ4n) is 1.98. The summed E-state index contributed by atoms with van der Waals surface area (Å²) in [5, 5.41) is 6.89.